The first-order chi connectivity index (χ1) is 21.4. The number of ketones is 1. The Morgan fingerprint density at radius 2 is 1.82 bits per heavy atom. The number of pyridine rings is 1. The van der Waals surface area contributed by atoms with E-state index in [1.807, 2.05) is 10.6 Å². The lowest BCUT2D eigenvalue weighted by Crippen LogP contribution is -2.24. The second-order valence-electron chi connectivity index (χ2n) is 10.7. The Kier molecular flexibility index (Phi) is 5.80. The zero-order chi connectivity index (χ0) is 30.1. The lowest BCUT2D eigenvalue weighted by atomic mass is 9.97. The van der Waals surface area contributed by atoms with Crippen molar-refractivity contribution in [1.29, 1.82) is 0 Å². The van der Waals surface area contributed by atoms with Crippen LogP contribution in [0.5, 0.6) is 5.75 Å². The molecule has 0 unspecified atom stereocenters. The summed E-state index contributed by atoms with van der Waals surface area (Å²) >= 11 is 0. The number of ether oxygens (including phenoxy) is 2. The summed E-state index contributed by atoms with van der Waals surface area (Å²) in [6.45, 7) is 2.49. The molecule has 0 bridgehead atoms. The Bertz CT molecular complexity index is 2170. The van der Waals surface area contributed by atoms with Gasteiger partial charge in [-0.2, -0.15) is 0 Å². The fourth-order valence-electron chi connectivity index (χ4n) is 6.05. The second kappa shape index (κ2) is 9.77. The van der Waals surface area contributed by atoms with Gasteiger partial charge in [0.1, 0.15) is 41.0 Å². The fraction of sp³-hybridized carbons (Fsp3) is 0.147. The molecule has 6 aromatic rings. The number of halogens is 2. The van der Waals surface area contributed by atoms with Crippen LogP contribution in [-0.2, 0) is 11.5 Å². The van der Waals surface area contributed by atoms with E-state index in [0.29, 0.717) is 79.4 Å². The lowest BCUT2D eigenvalue weighted by Gasteiger charge is -2.22. The minimum absolute atomic E-state index is 0.152. The Labute approximate surface area is 249 Å². The molecule has 0 saturated carbocycles. The minimum Gasteiger partial charge on any atom is -0.470 e. The van der Waals surface area contributed by atoms with E-state index in [-0.39, 0.29) is 31.4 Å². The first-order valence-corrected chi connectivity index (χ1v) is 14.2. The quantitative estimate of drug-likeness (QED) is 0.189. The normalized spacial score (nSPS) is 14.1. The number of carbonyl (C=O) groups is 2. The number of amides is 1. The number of aromatic nitrogens is 2. The molecule has 0 radical (unpaired) electrons. The third-order valence-corrected chi connectivity index (χ3v) is 8.18. The van der Waals surface area contributed by atoms with E-state index in [1.165, 1.54) is 23.1 Å². The monoisotopic (exact) mass is 591 g/mol. The van der Waals surface area contributed by atoms with Crippen LogP contribution < -0.4 is 9.64 Å². The summed E-state index contributed by atoms with van der Waals surface area (Å²) in [4.78, 5) is 32.6. The van der Waals surface area contributed by atoms with Crippen LogP contribution in [0.2, 0.25) is 0 Å². The highest BCUT2D eigenvalue weighted by Crippen LogP contribution is 2.44. The SMILES string of the molecule is CCC(=O)c1c(-c2ccc(F)cc2)oc2cc(N3CCOC3=O)c(-c3ccc4c(n3)-c3cc5c(F)cccc5n3CO4)cc12. The Hall–Kier alpha value is -5.51. The van der Waals surface area contributed by atoms with E-state index in [1.54, 1.807) is 55.5 Å². The van der Waals surface area contributed by atoms with Gasteiger partial charge in [-0.25, -0.2) is 18.6 Å². The summed E-state index contributed by atoms with van der Waals surface area (Å²) in [5.41, 5.74) is 4.76. The maximum absolute atomic E-state index is 14.7. The molecule has 44 heavy (non-hydrogen) atoms. The molecular weight excluding hydrogens is 568 g/mol. The first-order valence-electron chi connectivity index (χ1n) is 14.2. The van der Waals surface area contributed by atoms with Crippen molar-refractivity contribution >= 4 is 39.4 Å². The number of anilines is 1. The molecule has 5 heterocycles. The van der Waals surface area contributed by atoms with E-state index in [2.05, 4.69) is 0 Å². The van der Waals surface area contributed by atoms with Gasteiger partial charge in [0.25, 0.3) is 0 Å². The molecule has 0 atom stereocenters. The van der Waals surface area contributed by atoms with Gasteiger partial charge in [-0.05, 0) is 60.7 Å². The lowest BCUT2D eigenvalue weighted by molar-refractivity contribution is 0.0989. The van der Waals surface area contributed by atoms with Crippen molar-refractivity contribution in [3.8, 4) is 39.7 Å². The molecule has 1 fully saturated rings. The molecule has 10 heteroatoms. The fourth-order valence-corrected chi connectivity index (χ4v) is 6.05. The number of cyclic esters (lactones) is 1. The average Bonchev–Trinajstić information content (AvgIpc) is 3.75. The second-order valence-corrected chi connectivity index (χ2v) is 10.7. The third-order valence-electron chi connectivity index (χ3n) is 8.18. The van der Waals surface area contributed by atoms with E-state index >= 15 is 0 Å². The van der Waals surface area contributed by atoms with Gasteiger partial charge in [0.2, 0.25) is 0 Å². The Morgan fingerprint density at radius 3 is 2.59 bits per heavy atom. The maximum Gasteiger partial charge on any atom is 0.414 e. The van der Waals surface area contributed by atoms with Crippen LogP contribution in [0.15, 0.2) is 77.2 Å². The number of nitrogens with zero attached hydrogens (tertiary/aromatic N) is 3. The highest BCUT2D eigenvalue weighted by molar-refractivity contribution is 6.14. The summed E-state index contributed by atoms with van der Waals surface area (Å²) in [6.07, 6.45) is -0.300. The average molecular weight is 592 g/mol. The molecule has 0 N–H and O–H groups in total. The van der Waals surface area contributed by atoms with Gasteiger partial charge in [-0.15, -0.1) is 0 Å². The van der Waals surface area contributed by atoms with Crippen molar-refractivity contribution in [2.24, 2.45) is 0 Å². The van der Waals surface area contributed by atoms with E-state index in [4.69, 9.17) is 18.9 Å². The molecule has 3 aromatic heterocycles. The van der Waals surface area contributed by atoms with Crippen LogP contribution in [0.4, 0.5) is 19.3 Å². The van der Waals surface area contributed by atoms with Crippen molar-refractivity contribution in [1.82, 2.24) is 9.55 Å². The number of hydrogen-bond acceptors (Lipinski definition) is 6. The molecule has 3 aromatic carbocycles. The zero-order valence-corrected chi connectivity index (χ0v) is 23.4. The molecule has 0 spiro atoms. The number of rotatable bonds is 5. The summed E-state index contributed by atoms with van der Waals surface area (Å²) in [6, 6.07) is 19.5. The van der Waals surface area contributed by atoms with Crippen molar-refractivity contribution in [2.45, 2.75) is 20.1 Å². The predicted octanol–water partition coefficient (Wildman–Crippen LogP) is 7.96. The van der Waals surface area contributed by atoms with Crippen LogP contribution in [0, 0.1) is 11.6 Å². The molecule has 218 valence electrons. The minimum atomic E-state index is -0.516. The van der Waals surface area contributed by atoms with Crippen LogP contribution in [0.25, 0.3) is 55.8 Å². The number of carbonyl (C=O) groups excluding carboxylic acids is 2. The molecule has 8 nitrogen and oxygen atoms in total. The van der Waals surface area contributed by atoms with Gasteiger partial charge >= 0.3 is 6.09 Å². The Balaban J connectivity index is 1.37. The van der Waals surface area contributed by atoms with Crippen LogP contribution in [0.3, 0.4) is 0 Å². The van der Waals surface area contributed by atoms with Gasteiger partial charge < -0.3 is 18.5 Å². The van der Waals surface area contributed by atoms with Crippen molar-refractivity contribution in [3.63, 3.8) is 0 Å². The first kappa shape index (κ1) is 26.1. The number of furan rings is 1. The van der Waals surface area contributed by atoms with Gasteiger partial charge in [-0.1, -0.05) is 13.0 Å². The van der Waals surface area contributed by atoms with E-state index in [0.717, 1.165) is 0 Å². The summed E-state index contributed by atoms with van der Waals surface area (Å²) in [7, 11) is 0. The molecule has 2 aliphatic heterocycles. The van der Waals surface area contributed by atoms with Crippen LogP contribution in [0.1, 0.15) is 23.7 Å². The molecule has 1 amide bonds. The topological polar surface area (TPSA) is 86.8 Å². The van der Waals surface area contributed by atoms with E-state index < -0.39 is 11.9 Å². The largest absolute Gasteiger partial charge is 0.470 e. The summed E-state index contributed by atoms with van der Waals surface area (Å²) in [5.74, 6) is -0.0450. The van der Waals surface area contributed by atoms with Gasteiger partial charge in [0.05, 0.1) is 34.7 Å². The van der Waals surface area contributed by atoms with Gasteiger partial charge in [-0.3, -0.25) is 9.69 Å². The molecule has 2 aliphatic rings. The maximum atomic E-state index is 14.7. The summed E-state index contributed by atoms with van der Waals surface area (Å²) < 4.78 is 47.8. The smallest absolute Gasteiger partial charge is 0.414 e. The molecule has 8 rings (SSSR count). The highest BCUT2D eigenvalue weighted by atomic mass is 19.1. The van der Waals surface area contributed by atoms with Crippen molar-refractivity contribution in [3.05, 3.63) is 90.0 Å². The van der Waals surface area contributed by atoms with Gasteiger partial charge in [0.15, 0.2) is 12.5 Å². The highest BCUT2D eigenvalue weighted by Gasteiger charge is 2.31. The third kappa shape index (κ3) is 3.90. The Morgan fingerprint density at radius 1 is 0.977 bits per heavy atom. The van der Waals surface area contributed by atoms with Crippen LogP contribution >= 0.6 is 0 Å². The number of benzene rings is 3. The van der Waals surface area contributed by atoms with Gasteiger partial charge in [0, 0.05) is 34.4 Å². The van der Waals surface area contributed by atoms with Crippen molar-refractivity contribution in [2.75, 3.05) is 18.1 Å². The predicted molar refractivity (Wildman–Crippen MR) is 160 cm³/mol. The zero-order valence-electron chi connectivity index (χ0n) is 23.4. The van der Waals surface area contributed by atoms with Crippen molar-refractivity contribution < 1.29 is 32.3 Å². The molecule has 1 saturated heterocycles. The molecule has 0 aliphatic carbocycles. The van der Waals surface area contributed by atoms with Crippen LogP contribution in [-0.4, -0.2) is 34.6 Å². The number of hydrogen-bond donors (Lipinski definition) is 0. The van der Waals surface area contributed by atoms with E-state index in [9.17, 15) is 18.4 Å². The summed E-state index contributed by atoms with van der Waals surface area (Å²) in [5, 5.41) is 0.997. The molecular formula is C34H23F2N3O5. The number of Topliss-reactive ketones (excluding diaryl/α,β-unsaturated/α-hetero) is 1. The number of fused-ring (bicyclic) bond motifs is 6. The standard InChI is InChI=1S/C34H23F2N3O5/c1-2-28(40)31-22-14-21(24-10-11-29-32(37-24)27-15-20-23(36)4-3-5-25(20)39(27)17-43-29)26(38-12-13-42-34(38)41)16-30(22)44-33(31)18-6-8-19(35)9-7-18/h3-11,14-16H,2,12-13,17H2,1H3.